The Kier molecular flexibility index (Phi) is 6.61. The third kappa shape index (κ3) is 5.10. The smallest absolute Gasteiger partial charge is 0.266 e. The molecule has 0 aliphatic rings. The molecule has 0 saturated carbocycles. The van der Waals surface area contributed by atoms with E-state index in [1.54, 1.807) is 36.4 Å². The van der Waals surface area contributed by atoms with Crippen molar-refractivity contribution in [2.24, 2.45) is 0 Å². The van der Waals surface area contributed by atoms with Crippen LogP contribution in [0.15, 0.2) is 52.5 Å². The Labute approximate surface area is 155 Å². The van der Waals surface area contributed by atoms with Gasteiger partial charge in [-0.2, -0.15) is 5.26 Å². The van der Waals surface area contributed by atoms with Gasteiger partial charge in [0.1, 0.15) is 11.6 Å². The number of amides is 1. The van der Waals surface area contributed by atoms with Crippen LogP contribution >= 0.6 is 15.9 Å². The summed E-state index contributed by atoms with van der Waals surface area (Å²) in [4.78, 5) is 12.3. The van der Waals surface area contributed by atoms with Gasteiger partial charge in [-0.25, -0.2) is 0 Å². The summed E-state index contributed by atoms with van der Waals surface area (Å²) >= 11 is 3.34. The number of benzene rings is 2. The number of anilines is 1. The first-order valence-electron chi connectivity index (χ1n) is 7.57. The van der Waals surface area contributed by atoms with Crippen molar-refractivity contribution in [2.75, 3.05) is 19.0 Å². The molecule has 0 aromatic heterocycles. The molecule has 0 radical (unpaired) electrons. The lowest BCUT2D eigenvalue weighted by molar-refractivity contribution is -0.112. The summed E-state index contributed by atoms with van der Waals surface area (Å²) in [6, 6.07) is 14.3. The van der Waals surface area contributed by atoms with Crippen LogP contribution in [0.5, 0.6) is 11.5 Å². The number of hydrogen-bond donors (Lipinski definition) is 1. The average molecular weight is 401 g/mol. The molecule has 0 spiro atoms. The molecule has 128 valence electrons. The number of rotatable bonds is 6. The SMILES string of the molecule is CCOc1ccc(/C=C(/C#N)C(=O)Nc2cccc(Br)c2)cc1OC. The van der Waals surface area contributed by atoms with Crippen LogP contribution in [-0.2, 0) is 4.79 Å². The maximum Gasteiger partial charge on any atom is 0.266 e. The second kappa shape index (κ2) is 8.90. The van der Waals surface area contributed by atoms with E-state index in [0.717, 1.165) is 4.47 Å². The van der Waals surface area contributed by atoms with Crippen LogP contribution in [0.2, 0.25) is 0 Å². The van der Waals surface area contributed by atoms with E-state index in [4.69, 9.17) is 9.47 Å². The van der Waals surface area contributed by atoms with Crippen LogP contribution in [-0.4, -0.2) is 19.6 Å². The normalized spacial score (nSPS) is 10.7. The highest BCUT2D eigenvalue weighted by Crippen LogP contribution is 2.29. The number of nitrogens with one attached hydrogen (secondary N) is 1. The average Bonchev–Trinajstić information content (AvgIpc) is 2.60. The molecule has 0 aliphatic carbocycles. The van der Waals surface area contributed by atoms with Crippen LogP contribution in [0.4, 0.5) is 5.69 Å². The zero-order chi connectivity index (χ0) is 18.2. The zero-order valence-electron chi connectivity index (χ0n) is 13.9. The van der Waals surface area contributed by atoms with E-state index in [2.05, 4.69) is 21.2 Å². The van der Waals surface area contributed by atoms with E-state index >= 15 is 0 Å². The molecule has 0 aliphatic heterocycles. The Morgan fingerprint density at radius 3 is 2.72 bits per heavy atom. The van der Waals surface area contributed by atoms with Gasteiger partial charge >= 0.3 is 0 Å². The Hall–Kier alpha value is -2.78. The topological polar surface area (TPSA) is 71.3 Å². The van der Waals surface area contributed by atoms with Gasteiger partial charge in [-0.15, -0.1) is 0 Å². The molecule has 6 heteroatoms. The molecule has 0 heterocycles. The van der Waals surface area contributed by atoms with Gasteiger partial charge in [0.2, 0.25) is 0 Å². The first kappa shape index (κ1) is 18.6. The maximum absolute atomic E-state index is 12.3. The molecular weight excluding hydrogens is 384 g/mol. The number of methoxy groups -OCH3 is 1. The molecule has 0 fully saturated rings. The quantitative estimate of drug-likeness (QED) is 0.575. The number of halogens is 1. The Bertz CT molecular complexity index is 841. The molecule has 1 N–H and O–H groups in total. The van der Waals surface area contributed by atoms with Crippen LogP contribution < -0.4 is 14.8 Å². The van der Waals surface area contributed by atoms with Crippen molar-refractivity contribution in [1.82, 2.24) is 0 Å². The third-order valence-electron chi connectivity index (χ3n) is 3.25. The minimum absolute atomic E-state index is 0.00816. The number of nitrogens with zero attached hydrogens (tertiary/aromatic N) is 1. The summed E-state index contributed by atoms with van der Waals surface area (Å²) in [7, 11) is 1.54. The minimum Gasteiger partial charge on any atom is -0.493 e. The molecule has 0 saturated heterocycles. The lowest BCUT2D eigenvalue weighted by atomic mass is 10.1. The van der Waals surface area contributed by atoms with Gasteiger partial charge in [0.05, 0.1) is 13.7 Å². The van der Waals surface area contributed by atoms with E-state index in [0.29, 0.717) is 29.4 Å². The van der Waals surface area contributed by atoms with Crippen molar-refractivity contribution in [1.29, 1.82) is 5.26 Å². The van der Waals surface area contributed by atoms with Crippen LogP contribution in [0, 0.1) is 11.3 Å². The number of carbonyl (C=O) groups excluding carboxylic acids is 1. The van der Waals surface area contributed by atoms with Crippen LogP contribution in [0.25, 0.3) is 6.08 Å². The van der Waals surface area contributed by atoms with Gasteiger partial charge in [0.15, 0.2) is 11.5 Å². The van der Waals surface area contributed by atoms with Crippen molar-refractivity contribution in [2.45, 2.75) is 6.92 Å². The van der Waals surface area contributed by atoms with Crippen LogP contribution in [0.3, 0.4) is 0 Å². The van der Waals surface area contributed by atoms with Gasteiger partial charge < -0.3 is 14.8 Å². The first-order chi connectivity index (χ1) is 12.1. The molecule has 0 bridgehead atoms. The van der Waals surface area contributed by atoms with Crippen molar-refractivity contribution < 1.29 is 14.3 Å². The summed E-state index contributed by atoms with van der Waals surface area (Å²) in [5.41, 5.74) is 1.26. The number of carbonyl (C=O) groups is 1. The van der Waals surface area contributed by atoms with E-state index < -0.39 is 5.91 Å². The second-order valence-corrected chi connectivity index (χ2v) is 5.89. The van der Waals surface area contributed by atoms with Gasteiger partial charge in [-0.05, 0) is 48.9 Å². The third-order valence-corrected chi connectivity index (χ3v) is 3.74. The molecule has 5 nitrogen and oxygen atoms in total. The molecule has 25 heavy (non-hydrogen) atoms. The fourth-order valence-corrected chi connectivity index (χ4v) is 2.53. The van der Waals surface area contributed by atoms with E-state index in [9.17, 15) is 10.1 Å². The lowest BCUT2D eigenvalue weighted by Gasteiger charge is -2.10. The van der Waals surface area contributed by atoms with Gasteiger partial charge in [0, 0.05) is 10.2 Å². The van der Waals surface area contributed by atoms with E-state index in [1.807, 2.05) is 19.1 Å². The van der Waals surface area contributed by atoms with Crippen LogP contribution in [0.1, 0.15) is 12.5 Å². The molecule has 1 amide bonds. The highest BCUT2D eigenvalue weighted by molar-refractivity contribution is 9.10. The summed E-state index contributed by atoms with van der Waals surface area (Å²) in [5.74, 6) is 0.674. The summed E-state index contributed by atoms with van der Waals surface area (Å²) in [6.07, 6.45) is 1.51. The van der Waals surface area contributed by atoms with Crippen molar-refractivity contribution >= 4 is 33.6 Å². The predicted molar refractivity (Wildman–Crippen MR) is 101 cm³/mol. The Morgan fingerprint density at radius 2 is 2.08 bits per heavy atom. The largest absolute Gasteiger partial charge is 0.493 e. The standard InChI is InChI=1S/C19H17BrN2O3/c1-3-25-17-8-7-13(10-18(17)24-2)9-14(12-21)19(23)22-16-6-4-5-15(20)11-16/h4-11H,3H2,1-2H3,(H,22,23)/b14-9-. The molecule has 2 aromatic carbocycles. The van der Waals surface area contributed by atoms with Crippen molar-refractivity contribution in [3.8, 4) is 17.6 Å². The van der Waals surface area contributed by atoms with Gasteiger partial charge in [0.25, 0.3) is 5.91 Å². The number of ether oxygens (including phenoxy) is 2. The van der Waals surface area contributed by atoms with Gasteiger partial charge in [-0.3, -0.25) is 4.79 Å². The Balaban J connectivity index is 2.24. The molecule has 2 rings (SSSR count). The monoisotopic (exact) mass is 400 g/mol. The minimum atomic E-state index is -0.478. The summed E-state index contributed by atoms with van der Waals surface area (Å²) < 4.78 is 11.6. The maximum atomic E-state index is 12.3. The number of nitriles is 1. The van der Waals surface area contributed by atoms with E-state index in [1.165, 1.54) is 13.2 Å². The fourth-order valence-electron chi connectivity index (χ4n) is 2.13. The highest BCUT2D eigenvalue weighted by Gasteiger charge is 2.11. The molecule has 0 unspecified atom stereocenters. The molecule has 2 aromatic rings. The lowest BCUT2D eigenvalue weighted by Crippen LogP contribution is -2.13. The van der Waals surface area contributed by atoms with Crippen molar-refractivity contribution in [3.63, 3.8) is 0 Å². The van der Waals surface area contributed by atoms with Crippen molar-refractivity contribution in [3.05, 3.63) is 58.1 Å². The molecule has 0 atom stereocenters. The van der Waals surface area contributed by atoms with Gasteiger partial charge in [-0.1, -0.05) is 28.1 Å². The van der Waals surface area contributed by atoms with E-state index in [-0.39, 0.29) is 5.57 Å². The molecular formula is C19H17BrN2O3. The summed E-state index contributed by atoms with van der Waals surface area (Å²) in [5, 5.41) is 12.0. The fraction of sp³-hybridized carbons (Fsp3) is 0.158. The predicted octanol–water partition coefficient (Wildman–Crippen LogP) is 4.40. The first-order valence-corrected chi connectivity index (χ1v) is 8.36. The summed E-state index contributed by atoms with van der Waals surface area (Å²) in [6.45, 7) is 2.40. The zero-order valence-corrected chi connectivity index (χ0v) is 15.5. The number of hydrogen-bond acceptors (Lipinski definition) is 4. The Morgan fingerprint density at radius 1 is 1.28 bits per heavy atom. The second-order valence-electron chi connectivity index (χ2n) is 4.98. The highest BCUT2D eigenvalue weighted by atomic mass is 79.9.